The third-order valence-electron chi connectivity index (χ3n) is 0.0714. The van der Waals surface area contributed by atoms with E-state index in [1.165, 1.54) is 0 Å². The molecule has 0 bridgehead atoms. The van der Waals surface area contributed by atoms with Gasteiger partial charge in [0.05, 0.1) is 0 Å². The fourth-order valence-electron chi connectivity index (χ4n) is 0. The fourth-order valence-corrected chi connectivity index (χ4v) is 0. The van der Waals surface area contributed by atoms with Crippen molar-refractivity contribution in [2.24, 2.45) is 0 Å². The monoisotopic (exact) mass is 186 g/mol. The predicted octanol–water partition coefficient (Wildman–Crippen LogP) is 0.0246. The molecule has 0 rings (SSSR count). The normalized spacial score (nSPS) is 4.62. The summed E-state index contributed by atoms with van der Waals surface area (Å²) in [7, 11) is 0. The third kappa shape index (κ3) is 16.5. The predicted molar refractivity (Wildman–Crippen MR) is 10.4 cm³/mol. The van der Waals surface area contributed by atoms with Crippen molar-refractivity contribution in [1.82, 2.24) is 0 Å². The maximum absolute atomic E-state index is 9.15. The SMILES string of the molecule is [O-2].[O-2].[O]=[Mn+4](=[O])(=[O])[O]Cl. The van der Waals surface area contributed by atoms with Crippen LogP contribution in [0.1, 0.15) is 0 Å². The van der Waals surface area contributed by atoms with Gasteiger partial charge in [-0.3, -0.25) is 0 Å². The summed E-state index contributed by atoms with van der Waals surface area (Å²) in [6.45, 7) is 0. The molecule has 0 aliphatic rings. The number of rotatable bonds is 1. The molecule has 0 aromatic carbocycles. The molecular formula is ClMnO6. The Morgan fingerprint density at radius 3 is 1.25 bits per heavy atom. The Kier molecular flexibility index (Phi) is 10.3. The van der Waals surface area contributed by atoms with Crippen LogP contribution in [-0.2, 0) is 38.8 Å². The minimum atomic E-state index is -5.13. The van der Waals surface area contributed by atoms with Gasteiger partial charge < -0.3 is 11.0 Å². The van der Waals surface area contributed by atoms with Crippen molar-refractivity contribution in [3.8, 4) is 0 Å². The van der Waals surface area contributed by atoms with Gasteiger partial charge in [0.25, 0.3) is 0 Å². The molecule has 8 heavy (non-hydrogen) atoms. The first-order chi connectivity index (χ1) is 2.56. The first-order valence-electron chi connectivity index (χ1n) is 0.772. The molecule has 8 heteroatoms. The van der Waals surface area contributed by atoms with Crippen LogP contribution in [0.4, 0.5) is 0 Å². The van der Waals surface area contributed by atoms with E-state index >= 15 is 0 Å². The van der Waals surface area contributed by atoms with Gasteiger partial charge in [0.2, 0.25) is 0 Å². The number of hydrogen-bond donors (Lipinski definition) is 0. The second-order valence-electron chi connectivity index (χ2n) is 0.436. The van der Waals surface area contributed by atoms with Gasteiger partial charge >= 0.3 is 39.7 Å². The zero-order valence-electron chi connectivity index (χ0n) is 3.21. The van der Waals surface area contributed by atoms with Gasteiger partial charge in [-0.15, -0.1) is 0 Å². The molecular weight excluding hydrogens is 186 g/mol. The first kappa shape index (κ1) is 15.7. The third-order valence-corrected chi connectivity index (χ3v) is 0.884. The summed E-state index contributed by atoms with van der Waals surface area (Å²) in [6, 6.07) is 0. The second kappa shape index (κ2) is 5.23. The number of hydrogen-bond acceptors (Lipinski definition) is 4. The Morgan fingerprint density at radius 1 is 1.12 bits per heavy atom. The average molecular weight is 186 g/mol. The van der Waals surface area contributed by atoms with E-state index < -0.39 is 13.0 Å². The van der Waals surface area contributed by atoms with E-state index in [1.807, 2.05) is 0 Å². The van der Waals surface area contributed by atoms with Gasteiger partial charge in [-0.25, -0.2) is 0 Å². The van der Waals surface area contributed by atoms with E-state index in [2.05, 4.69) is 15.2 Å². The minimum absolute atomic E-state index is 0. The van der Waals surface area contributed by atoms with Crippen molar-refractivity contribution in [3.63, 3.8) is 0 Å². The van der Waals surface area contributed by atoms with Crippen molar-refractivity contribution in [2.45, 2.75) is 0 Å². The molecule has 6 nitrogen and oxygen atoms in total. The van der Waals surface area contributed by atoms with Crippen LogP contribution >= 0.6 is 11.9 Å². The van der Waals surface area contributed by atoms with Crippen LogP contribution in [0.2, 0.25) is 0 Å². The zero-order chi connectivity index (χ0) is 5.21. The van der Waals surface area contributed by atoms with Gasteiger partial charge in [0.1, 0.15) is 0 Å². The van der Waals surface area contributed by atoms with Crippen molar-refractivity contribution >= 4 is 11.9 Å². The molecule has 0 atom stereocenters. The maximum atomic E-state index is 9.15. The van der Waals surface area contributed by atoms with Crippen molar-refractivity contribution in [3.05, 3.63) is 0 Å². The van der Waals surface area contributed by atoms with E-state index in [9.17, 15) is 0 Å². The van der Waals surface area contributed by atoms with Crippen LogP contribution in [0, 0.1) is 0 Å². The average Bonchev–Trinajstić information content (AvgIpc) is 1.35. The Bertz CT molecular complexity index is 141. The van der Waals surface area contributed by atoms with E-state index in [0.29, 0.717) is 0 Å². The molecule has 0 saturated heterocycles. The van der Waals surface area contributed by atoms with E-state index in [-0.39, 0.29) is 11.0 Å². The molecule has 0 spiro atoms. The fraction of sp³-hybridized carbons (Fsp3) is 0. The molecule has 0 fully saturated rings. The quantitative estimate of drug-likeness (QED) is 0.536. The van der Waals surface area contributed by atoms with Gasteiger partial charge in [-0.05, 0) is 0 Å². The molecule has 0 N–H and O–H groups in total. The van der Waals surface area contributed by atoms with Crippen LogP contribution in [0.15, 0.2) is 0 Å². The van der Waals surface area contributed by atoms with Crippen LogP contribution in [0.5, 0.6) is 0 Å². The van der Waals surface area contributed by atoms with Crippen LogP contribution in [0.3, 0.4) is 0 Å². The molecule has 0 radical (unpaired) electrons. The summed E-state index contributed by atoms with van der Waals surface area (Å²) in [6.07, 6.45) is 0. The van der Waals surface area contributed by atoms with E-state index in [0.717, 1.165) is 0 Å². The molecule has 0 aromatic heterocycles. The molecule has 0 aromatic rings. The van der Waals surface area contributed by atoms with Gasteiger partial charge in [0.15, 0.2) is 0 Å². The first-order valence-corrected chi connectivity index (χ1v) is 3.01. The molecule has 0 unspecified atom stereocenters. The molecule has 0 saturated carbocycles. The Balaban J connectivity index is -0.000000125. The molecule has 0 aliphatic carbocycles. The Labute approximate surface area is 51.3 Å². The summed E-state index contributed by atoms with van der Waals surface area (Å²) in [4.78, 5) is 0. The van der Waals surface area contributed by atoms with Gasteiger partial charge in [0, 0.05) is 0 Å². The van der Waals surface area contributed by atoms with Crippen molar-refractivity contribution in [1.29, 1.82) is 0 Å². The van der Waals surface area contributed by atoms with Crippen LogP contribution in [-0.4, -0.2) is 0 Å². The summed E-state index contributed by atoms with van der Waals surface area (Å²) in [5.41, 5.74) is 0. The van der Waals surface area contributed by atoms with Crippen LogP contribution < -0.4 is 0 Å². The van der Waals surface area contributed by atoms with E-state index in [1.54, 1.807) is 0 Å². The van der Waals surface area contributed by atoms with Crippen LogP contribution in [0.25, 0.3) is 0 Å². The summed E-state index contributed by atoms with van der Waals surface area (Å²) < 4.78 is 30.3. The summed E-state index contributed by atoms with van der Waals surface area (Å²) in [5.74, 6) is 0. The zero-order valence-corrected chi connectivity index (χ0v) is 5.14. The van der Waals surface area contributed by atoms with E-state index in [4.69, 9.17) is 11.5 Å². The van der Waals surface area contributed by atoms with Gasteiger partial charge in [-0.2, -0.15) is 0 Å². The molecule has 0 aliphatic heterocycles. The summed E-state index contributed by atoms with van der Waals surface area (Å²) >= 11 is -1.03. The molecule has 0 heterocycles. The van der Waals surface area contributed by atoms with Crippen molar-refractivity contribution < 1.29 is 38.8 Å². The Morgan fingerprint density at radius 2 is 1.25 bits per heavy atom. The molecule has 0 amide bonds. The number of halogens is 1. The van der Waals surface area contributed by atoms with Gasteiger partial charge in [-0.1, -0.05) is 0 Å². The molecule has 50 valence electrons. The van der Waals surface area contributed by atoms with Crippen molar-refractivity contribution in [2.75, 3.05) is 0 Å². The standard InChI is InChI=1S/ClO.Mn.5O/c1-2;;;;;;/q-1;+5;;;;2*-2. The summed E-state index contributed by atoms with van der Waals surface area (Å²) in [5, 5.41) is 0. The topological polar surface area (TPSA) is 117 Å². The Hall–Kier alpha value is 0.0895. The second-order valence-corrected chi connectivity index (χ2v) is 2.28.